The molecular weight excluding hydrogens is 252 g/mol. The van der Waals surface area contributed by atoms with Gasteiger partial charge < -0.3 is 10.2 Å². The van der Waals surface area contributed by atoms with Gasteiger partial charge in [0, 0.05) is 6.54 Å². The first kappa shape index (κ1) is 15.3. The van der Waals surface area contributed by atoms with E-state index < -0.39 is 5.54 Å². The molecule has 2 aliphatic rings. The minimum atomic E-state index is -0.674. The van der Waals surface area contributed by atoms with Crippen LogP contribution in [-0.2, 0) is 9.59 Å². The quantitative estimate of drug-likeness (QED) is 0.840. The summed E-state index contributed by atoms with van der Waals surface area (Å²) in [6, 6.07) is -0.297. The summed E-state index contributed by atoms with van der Waals surface area (Å²) in [5.74, 6) is 0.915. The Bertz CT molecular complexity index is 384. The number of hydrogen-bond donors (Lipinski definition) is 1. The SMILES string of the molecule is CCC1(CC)NC(=O)C(C(C)C)N(CC2CCC2)C1=O. The molecule has 0 aromatic carbocycles. The van der Waals surface area contributed by atoms with Gasteiger partial charge in [-0.25, -0.2) is 0 Å². The van der Waals surface area contributed by atoms with Crippen molar-refractivity contribution in [3.05, 3.63) is 0 Å². The van der Waals surface area contributed by atoms with Crippen molar-refractivity contribution >= 4 is 11.8 Å². The minimum Gasteiger partial charge on any atom is -0.340 e. The van der Waals surface area contributed by atoms with Gasteiger partial charge in [-0.15, -0.1) is 0 Å². The third-order valence-corrected chi connectivity index (χ3v) is 5.16. The van der Waals surface area contributed by atoms with Gasteiger partial charge in [-0.3, -0.25) is 9.59 Å². The molecule has 2 amide bonds. The molecule has 1 saturated carbocycles. The fraction of sp³-hybridized carbons (Fsp3) is 0.875. The van der Waals surface area contributed by atoms with Crippen molar-refractivity contribution in [2.75, 3.05) is 6.54 Å². The maximum Gasteiger partial charge on any atom is 0.249 e. The highest BCUT2D eigenvalue weighted by Gasteiger charge is 2.50. The number of carbonyl (C=O) groups excluding carboxylic acids is 2. The van der Waals surface area contributed by atoms with Crippen molar-refractivity contribution in [3.8, 4) is 0 Å². The van der Waals surface area contributed by atoms with Crippen LogP contribution in [0.1, 0.15) is 59.8 Å². The standard InChI is InChI=1S/C16H28N2O2/c1-5-16(6-2)15(20)18(10-12-8-7-9-12)13(11(3)4)14(19)17-16/h11-13H,5-10H2,1-4H3,(H,17,19). The number of carbonyl (C=O) groups is 2. The number of amides is 2. The zero-order chi connectivity index (χ0) is 14.9. The molecule has 0 aromatic rings. The van der Waals surface area contributed by atoms with Gasteiger partial charge in [0.25, 0.3) is 0 Å². The average molecular weight is 280 g/mol. The molecule has 1 N–H and O–H groups in total. The van der Waals surface area contributed by atoms with Crippen molar-refractivity contribution in [2.45, 2.75) is 71.4 Å². The van der Waals surface area contributed by atoms with Crippen LogP contribution in [0.25, 0.3) is 0 Å². The Morgan fingerprint density at radius 1 is 1.25 bits per heavy atom. The molecule has 2 rings (SSSR count). The summed E-state index contributed by atoms with van der Waals surface area (Å²) in [6.45, 7) is 8.78. The van der Waals surface area contributed by atoms with Gasteiger partial charge in [0.05, 0.1) is 0 Å². The lowest BCUT2D eigenvalue weighted by Crippen LogP contribution is -2.71. The maximum absolute atomic E-state index is 13.0. The summed E-state index contributed by atoms with van der Waals surface area (Å²) >= 11 is 0. The highest BCUT2D eigenvalue weighted by atomic mass is 16.2. The van der Waals surface area contributed by atoms with E-state index in [2.05, 4.69) is 5.32 Å². The lowest BCUT2D eigenvalue weighted by Gasteiger charge is -2.48. The Balaban J connectivity index is 2.27. The molecule has 1 aliphatic carbocycles. The molecule has 20 heavy (non-hydrogen) atoms. The molecular formula is C16H28N2O2. The highest BCUT2D eigenvalue weighted by Crippen LogP contribution is 2.33. The van der Waals surface area contributed by atoms with Gasteiger partial charge in [-0.1, -0.05) is 34.1 Å². The van der Waals surface area contributed by atoms with Gasteiger partial charge in [0.15, 0.2) is 0 Å². The smallest absolute Gasteiger partial charge is 0.249 e. The van der Waals surface area contributed by atoms with Crippen LogP contribution in [0.2, 0.25) is 0 Å². The number of rotatable bonds is 5. The third-order valence-electron chi connectivity index (χ3n) is 5.16. The second-order valence-electron chi connectivity index (χ2n) is 6.72. The Labute approximate surface area is 122 Å². The third kappa shape index (κ3) is 2.45. The van der Waals surface area contributed by atoms with Crippen molar-refractivity contribution in [1.29, 1.82) is 0 Å². The fourth-order valence-electron chi connectivity index (χ4n) is 3.45. The Kier molecular flexibility index (Phi) is 4.40. The Hall–Kier alpha value is -1.06. The summed E-state index contributed by atoms with van der Waals surface area (Å²) in [5, 5.41) is 3.02. The van der Waals surface area contributed by atoms with Crippen LogP contribution in [-0.4, -0.2) is 34.8 Å². The summed E-state index contributed by atoms with van der Waals surface area (Å²) in [4.78, 5) is 27.4. The fourth-order valence-corrected chi connectivity index (χ4v) is 3.45. The second-order valence-corrected chi connectivity index (χ2v) is 6.72. The van der Waals surface area contributed by atoms with Crippen LogP contribution in [0.5, 0.6) is 0 Å². The predicted octanol–water partition coefficient (Wildman–Crippen LogP) is 2.33. The van der Waals surface area contributed by atoms with Crippen LogP contribution in [0.15, 0.2) is 0 Å². The van der Waals surface area contributed by atoms with Crippen LogP contribution in [0.4, 0.5) is 0 Å². The topological polar surface area (TPSA) is 49.4 Å². The Morgan fingerprint density at radius 2 is 1.85 bits per heavy atom. The predicted molar refractivity (Wildman–Crippen MR) is 79.1 cm³/mol. The molecule has 0 radical (unpaired) electrons. The number of nitrogens with one attached hydrogen (secondary N) is 1. The molecule has 4 heteroatoms. The molecule has 0 spiro atoms. The van der Waals surface area contributed by atoms with Gasteiger partial charge in [-0.05, 0) is 37.5 Å². The van der Waals surface area contributed by atoms with E-state index in [-0.39, 0.29) is 23.8 Å². The van der Waals surface area contributed by atoms with Crippen molar-refractivity contribution < 1.29 is 9.59 Å². The van der Waals surface area contributed by atoms with E-state index in [1.807, 2.05) is 32.6 Å². The number of piperazine rings is 1. The lowest BCUT2D eigenvalue weighted by atomic mass is 9.81. The first-order valence-corrected chi connectivity index (χ1v) is 8.08. The monoisotopic (exact) mass is 280 g/mol. The molecule has 0 aromatic heterocycles. The molecule has 4 nitrogen and oxygen atoms in total. The lowest BCUT2D eigenvalue weighted by molar-refractivity contribution is -0.158. The first-order chi connectivity index (χ1) is 9.45. The summed E-state index contributed by atoms with van der Waals surface area (Å²) in [5.41, 5.74) is -0.674. The molecule has 1 unspecified atom stereocenters. The molecule has 1 atom stereocenters. The van der Waals surface area contributed by atoms with Gasteiger partial charge >= 0.3 is 0 Å². The maximum atomic E-state index is 13.0. The average Bonchev–Trinajstić information content (AvgIpc) is 2.36. The second kappa shape index (κ2) is 5.74. The van der Waals surface area contributed by atoms with E-state index in [1.54, 1.807) is 0 Å². The molecule has 1 heterocycles. The molecule has 1 saturated heterocycles. The normalized spacial score (nSPS) is 26.6. The molecule has 0 bridgehead atoms. The Morgan fingerprint density at radius 3 is 2.25 bits per heavy atom. The summed E-state index contributed by atoms with van der Waals surface area (Å²) in [7, 11) is 0. The van der Waals surface area contributed by atoms with Crippen LogP contribution in [0.3, 0.4) is 0 Å². The van der Waals surface area contributed by atoms with Crippen LogP contribution < -0.4 is 5.32 Å². The largest absolute Gasteiger partial charge is 0.340 e. The molecule has 2 fully saturated rings. The minimum absolute atomic E-state index is 0.0302. The van der Waals surface area contributed by atoms with E-state index in [0.29, 0.717) is 18.8 Å². The van der Waals surface area contributed by atoms with Crippen LogP contribution in [0, 0.1) is 11.8 Å². The first-order valence-electron chi connectivity index (χ1n) is 8.08. The van der Waals surface area contributed by atoms with Gasteiger partial charge in [0.2, 0.25) is 11.8 Å². The highest BCUT2D eigenvalue weighted by molar-refractivity contribution is 5.99. The number of nitrogens with zero attached hydrogens (tertiary/aromatic N) is 1. The van der Waals surface area contributed by atoms with E-state index in [4.69, 9.17) is 0 Å². The zero-order valence-electron chi connectivity index (χ0n) is 13.2. The van der Waals surface area contributed by atoms with Crippen molar-refractivity contribution in [1.82, 2.24) is 10.2 Å². The summed E-state index contributed by atoms with van der Waals surface area (Å²) in [6.07, 6.45) is 4.99. The van der Waals surface area contributed by atoms with E-state index in [9.17, 15) is 9.59 Å². The van der Waals surface area contributed by atoms with Crippen molar-refractivity contribution in [3.63, 3.8) is 0 Å². The van der Waals surface area contributed by atoms with Crippen molar-refractivity contribution in [2.24, 2.45) is 11.8 Å². The van der Waals surface area contributed by atoms with Gasteiger partial charge in [0.1, 0.15) is 11.6 Å². The van der Waals surface area contributed by atoms with E-state index in [1.165, 1.54) is 19.3 Å². The van der Waals surface area contributed by atoms with E-state index in [0.717, 1.165) is 6.54 Å². The number of hydrogen-bond acceptors (Lipinski definition) is 2. The molecule has 114 valence electrons. The zero-order valence-corrected chi connectivity index (χ0v) is 13.2. The van der Waals surface area contributed by atoms with Gasteiger partial charge in [-0.2, -0.15) is 0 Å². The molecule has 1 aliphatic heterocycles. The van der Waals surface area contributed by atoms with Crippen LogP contribution >= 0.6 is 0 Å². The summed E-state index contributed by atoms with van der Waals surface area (Å²) < 4.78 is 0. The van der Waals surface area contributed by atoms with E-state index >= 15 is 0 Å².